The molecule has 2 aromatic heterocycles. The molecule has 0 unspecified atom stereocenters. The van der Waals surface area contributed by atoms with Gasteiger partial charge in [-0.2, -0.15) is 0 Å². The van der Waals surface area contributed by atoms with E-state index in [9.17, 15) is 8.42 Å². The molecule has 0 fully saturated rings. The monoisotopic (exact) mass is 427 g/mol. The van der Waals surface area contributed by atoms with E-state index in [1.165, 1.54) is 11.3 Å². The van der Waals surface area contributed by atoms with Gasteiger partial charge in [-0.3, -0.25) is 0 Å². The summed E-state index contributed by atoms with van der Waals surface area (Å²) >= 11 is 1.19. The van der Waals surface area contributed by atoms with Gasteiger partial charge in [0.15, 0.2) is 11.7 Å². The largest absolute Gasteiger partial charge is 0.359 e. The van der Waals surface area contributed by atoms with Crippen LogP contribution in [0.2, 0.25) is 0 Å². The molecule has 3 N–H and O–H groups in total. The van der Waals surface area contributed by atoms with Crippen LogP contribution < -0.4 is 15.4 Å². The molecule has 0 amide bonds. The van der Waals surface area contributed by atoms with Crippen LogP contribution in [0.1, 0.15) is 51.0 Å². The van der Waals surface area contributed by atoms with Crippen molar-refractivity contribution in [3.8, 4) is 0 Å². The second kappa shape index (κ2) is 11.2. The van der Waals surface area contributed by atoms with Crippen molar-refractivity contribution in [1.29, 1.82) is 0 Å². The van der Waals surface area contributed by atoms with Crippen LogP contribution in [0.5, 0.6) is 0 Å². The maximum Gasteiger partial charge on any atom is 0.250 e. The van der Waals surface area contributed by atoms with Gasteiger partial charge in [-0.25, -0.2) is 18.1 Å². The molecular weight excluding hydrogens is 398 g/mol. The molecule has 28 heavy (non-hydrogen) atoms. The Bertz CT molecular complexity index is 827. The normalized spacial score (nSPS) is 12.5. The van der Waals surface area contributed by atoms with Gasteiger partial charge in [-0.15, -0.1) is 11.3 Å². The van der Waals surface area contributed by atoms with E-state index in [0.717, 1.165) is 18.5 Å². The van der Waals surface area contributed by atoms with Crippen LogP contribution in [-0.4, -0.2) is 39.2 Å². The second-order valence-corrected chi connectivity index (χ2v) is 9.12. The Morgan fingerprint density at radius 2 is 2.04 bits per heavy atom. The van der Waals surface area contributed by atoms with Crippen LogP contribution in [0.3, 0.4) is 0 Å². The summed E-state index contributed by atoms with van der Waals surface area (Å²) in [7, 11) is -3.45. The van der Waals surface area contributed by atoms with Crippen molar-refractivity contribution in [3.63, 3.8) is 0 Å². The lowest BCUT2D eigenvalue weighted by Gasteiger charge is -2.11. The standard InChI is InChI=1S/C18H29N5O3S2/c1-4-14(5-2)16-12-15(26-23-16)13-21-18(19-6-3)20-9-10-22-28(24,25)17-8-7-11-27-17/h7-8,11-12,14,22H,4-6,9-10,13H2,1-3H3,(H2,19,20,21). The van der Waals surface area contributed by atoms with Gasteiger partial charge in [0, 0.05) is 31.6 Å². The molecule has 8 nitrogen and oxygen atoms in total. The molecule has 2 rings (SSSR count). The molecule has 0 aromatic carbocycles. The topological polar surface area (TPSA) is 109 Å². The van der Waals surface area contributed by atoms with Gasteiger partial charge in [-0.05, 0) is 31.2 Å². The lowest BCUT2D eigenvalue weighted by molar-refractivity contribution is 0.372. The van der Waals surface area contributed by atoms with Gasteiger partial charge < -0.3 is 15.2 Å². The third kappa shape index (κ3) is 6.61. The highest BCUT2D eigenvalue weighted by Crippen LogP contribution is 2.22. The predicted octanol–water partition coefficient (Wildman–Crippen LogP) is 2.67. The number of hydrogen-bond acceptors (Lipinski definition) is 6. The van der Waals surface area contributed by atoms with E-state index in [1.54, 1.807) is 17.5 Å². The third-order valence-corrected chi connectivity index (χ3v) is 7.05. The Morgan fingerprint density at radius 1 is 1.25 bits per heavy atom. The number of nitrogens with one attached hydrogen (secondary N) is 3. The van der Waals surface area contributed by atoms with E-state index < -0.39 is 10.0 Å². The van der Waals surface area contributed by atoms with Gasteiger partial charge >= 0.3 is 0 Å². The number of thiophene rings is 1. The van der Waals surface area contributed by atoms with Crippen molar-refractivity contribution in [3.05, 3.63) is 35.0 Å². The van der Waals surface area contributed by atoms with Gasteiger partial charge in [0.05, 0.1) is 5.69 Å². The summed E-state index contributed by atoms with van der Waals surface area (Å²) in [6, 6.07) is 5.25. The van der Waals surface area contributed by atoms with Gasteiger partial charge in [0.2, 0.25) is 10.0 Å². The maximum absolute atomic E-state index is 12.1. The molecule has 0 atom stereocenters. The molecule has 0 saturated carbocycles. The second-order valence-electron chi connectivity index (χ2n) is 6.18. The summed E-state index contributed by atoms with van der Waals surface area (Å²) < 4.78 is 32.4. The predicted molar refractivity (Wildman–Crippen MR) is 112 cm³/mol. The lowest BCUT2D eigenvalue weighted by atomic mass is 9.99. The van der Waals surface area contributed by atoms with Crippen molar-refractivity contribution in [1.82, 2.24) is 20.5 Å². The summed E-state index contributed by atoms with van der Waals surface area (Å²) in [4.78, 5) is 4.48. The Balaban J connectivity index is 1.85. The molecule has 0 saturated heterocycles. The van der Waals surface area contributed by atoms with Gasteiger partial charge in [0.1, 0.15) is 10.8 Å². The minimum Gasteiger partial charge on any atom is -0.359 e. The van der Waals surface area contributed by atoms with E-state index in [4.69, 9.17) is 4.52 Å². The minimum atomic E-state index is -3.45. The Hall–Kier alpha value is -1.91. The molecule has 0 aliphatic heterocycles. The third-order valence-electron chi connectivity index (χ3n) is 4.19. The number of guanidine groups is 1. The summed E-state index contributed by atoms with van der Waals surface area (Å²) in [5.41, 5.74) is 0.969. The van der Waals surface area contributed by atoms with Crippen LogP contribution in [0.15, 0.2) is 37.3 Å². The van der Waals surface area contributed by atoms with Crippen molar-refractivity contribution < 1.29 is 12.9 Å². The maximum atomic E-state index is 12.1. The number of aromatic nitrogens is 1. The summed E-state index contributed by atoms with van der Waals surface area (Å²) in [6.07, 6.45) is 2.05. The molecule has 0 bridgehead atoms. The number of sulfonamides is 1. The Morgan fingerprint density at radius 3 is 2.68 bits per heavy atom. The van der Waals surface area contributed by atoms with E-state index in [0.29, 0.717) is 41.5 Å². The zero-order chi connectivity index (χ0) is 20.4. The average Bonchev–Trinajstić information content (AvgIpc) is 3.37. The highest BCUT2D eigenvalue weighted by atomic mass is 32.2. The number of rotatable bonds is 11. The summed E-state index contributed by atoms with van der Waals surface area (Å²) in [5, 5.41) is 12.1. The molecule has 10 heteroatoms. The molecule has 156 valence electrons. The smallest absolute Gasteiger partial charge is 0.250 e. The van der Waals surface area contributed by atoms with Crippen molar-refractivity contribution >= 4 is 27.3 Å². The zero-order valence-electron chi connectivity index (χ0n) is 16.6. The molecular formula is C18H29N5O3S2. The summed E-state index contributed by atoms with van der Waals surface area (Å²) in [6.45, 7) is 7.97. The molecule has 0 radical (unpaired) electrons. The number of nitrogens with zero attached hydrogens (tertiary/aromatic N) is 2. The SMILES string of the molecule is CCNC(=NCc1cc(C(CC)CC)no1)NCCNS(=O)(=O)c1cccs1. The fourth-order valence-corrected chi connectivity index (χ4v) is 4.72. The lowest BCUT2D eigenvalue weighted by Crippen LogP contribution is -2.41. The van der Waals surface area contributed by atoms with Crippen LogP contribution in [0, 0.1) is 0 Å². The fraction of sp³-hybridized carbons (Fsp3) is 0.556. The van der Waals surface area contributed by atoms with Gasteiger partial charge in [-0.1, -0.05) is 25.1 Å². The van der Waals surface area contributed by atoms with Crippen molar-refractivity contribution in [2.75, 3.05) is 19.6 Å². The molecule has 0 aliphatic carbocycles. The zero-order valence-corrected chi connectivity index (χ0v) is 18.2. The van der Waals surface area contributed by atoms with Crippen molar-refractivity contribution in [2.24, 2.45) is 4.99 Å². The first-order valence-electron chi connectivity index (χ1n) is 9.50. The van der Waals surface area contributed by atoms with Crippen LogP contribution in [0.4, 0.5) is 0 Å². The fourth-order valence-electron chi connectivity index (χ4n) is 2.66. The highest BCUT2D eigenvalue weighted by Gasteiger charge is 2.14. The van der Waals surface area contributed by atoms with Crippen molar-refractivity contribution in [2.45, 2.75) is 50.3 Å². The van der Waals surface area contributed by atoms with E-state index >= 15 is 0 Å². The quantitative estimate of drug-likeness (QED) is 0.289. The van der Waals surface area contributed by atoms with E-state index in [-0.39, 0.29) is 6.54 Å². The Kier molecular flexibility index (Phi) is 8.94. The van der Waals surface area contributed by atoms with Crippen LogP contribution in [0.25, 0.3) is 0 Å². The van der Waals surface area contributed by atoms with Crippen LogP contribution in [-0.2, 0) is 16.6 Å². The number of aliphatic imine (C=N–C) groups is 1. The van der Waals surface area contributed by atoms with Crippen LogP contribution >= 0.6 is 11.3 Å². The molecule has 0 aliphatic rings. The molecule has 2 heterocycles. The number of hydrogen-bond donors (Lipinski definition) is 3. The summed E-state index contributed by atoms with van der Waals surface area (Å²) in [5.74, 6) is 1.71. The Labute approximate surface area is 170 Å². The van der Waals surface area contributed by atoms with E-state index in [2.05, 4.69) is 39.4 Å². The average molecular weight is 428 g/mol. The molecule has 2 aromatic rings. The highest BCUT2D eigenvalue weighted by molar-refractivity contribution is 7.91. The van der Waals surface area contributed by atoms with Gasteiger partial charge in [0.25, 0.3) is 0 Å². The molecule has 0 spiro atoms. The first kappa shape index (κ1) is 22.4. The first-order chi connectivity index (χ1) is 13.5. The first-order valence-corrected chi connectivity index (χ1v) is 11.9. The van der Waals surface area contributed by atoms with E-state index in [1.807, 2.05) is 13.0 Å². The minimum absolute atomic E-state index is 0.256.